The van der Waals surface area contributed by atoms with Gasteiger partial charge in [0.15, 0.2) is 0 Å². The summed E-state index contributed by atoms with van der Waals surface area (Å²) in [5, 5.41) is 5.97. The van der Waals surface area contributed by atoms with E-state index in [1.807, 2.05) is 94.4 Å². The number of carbonyl (C=O) groups excluding carboxylic acids is 3. The number of hydrogen-bond acceptors (Lipinski definition) is 4. The van der Waals surface area contributed by atoms with Crippen LogP contribution in [0.15, 0.2) is 78.9 Å². The number of nitrogens with one attached hydrogen (secondary N) is 2. The van der Waals surface area contributed by atoms with E-state index < -0.39 is 28.9 Å². The predicted octanol–water partition coefficient (Wildman–Crippen LogP) is 7.57. The summed E-state index contributed by atoms with van der Waals surface area (Å²) in [6, 6.07) is 23.1. The normalized spacial score (nSPS) is 13.8. The van der Waals surface area contributed by atoms with Crippen LogP contribution in [0.25, 0.3) is 11.1 Å². The molecule has 0 radical (unpaired) electrons. The molecule has 0 unspecified atom stereocenters. The van der Waals surface area contributed by atoms with Gasteiger partial charge in [0.1, 0.15) is 17.5 Å². The van der Waals surface area contributed by atoms with E-state index in [1.165, 1.54) is 6.07 Å². The third-order valence-corrected chi connectivity index (χ3v) is 7.41. The maximum Gasteiger partial charge on any atom is 0.307 e. The minimum atomic E-state index is -0.832. The molecule has 3 aromatic rings. The van der Waals surface area contributed by atoms with Crippen LogP contribution in [0.4, 0.5) is 4.39 Å². The molecule has 0 fully saturated rings. The molecule has 0 aliphatic heterocycles. The molecule has 7 heteroatoms. The molecular weight excluding hydrogens is 555 g/mol. The number of halogens is 1. The molecule has 236 valence electrons. The van der Waals surface area contributed by atoms with E-state index in [9.17, 15) is 18.8 Å². The van der Waals surface area contributed by atoms with E-state index in [2.05, 4.69) is 10.6 Å². The molecule has 0 aliphatic carbocycles. The number of esters is 1. The molecule has 2 N–H and O–H groups in total. The summed E-state index contributed by atoms with van der Waals surface area (Å²) < 4.78 is 20.5. The number of aryl methyl sites for hydroxylation is 1. The van der Waals surface area contributed by atoms with Gasteiger partial charge in [0.25, 0.3) is 0 Å². The third-order valence-electron chi connectivity index (χ3n) is 7.41. The number of hydrogen-bond donors (Lipinski definition) is 2. The highest BCUT2D eigenvalue weighted by Gasteiger charge is 2.36. The molecule has 0 heterocycles. The van der Waals surface area contributed by atoms with Gasteiger partial charge in [-0.2, -0.15) is 0 Å². The Morgan fingerprint density at radius 2 is 1.43 bits per heavy atom. The molecule has 3 rings (SSSR count). The molecule has 0 aliphatic rings. The number of carbonyl (C=O) groups is 3. The largest absolute Gasteiger partial charge is 0.460 e. The van der Waals surface area contributed by atoms with Crippen LogP contribution in [-0.4, -0.2) is 29.4 Å². The van der Waals surface area contributed by atoms with Gasteiger partial charge in [-0.1, -0.05) is 93.6 Å². The van der Waals surface area contributed by atoms with Crippen LogP contribution in [0.5, 0.6) is 0 Å². The van der Waals surface area contributed by atoms with Crippen molar-refractivity contribution in [2.75, 3.05) is 0 Å². The Morgan fingerprint density at radius 3 is 2.00 bits per heavy atom. The summed E-state index contributed by atoms with van der Waals surface area (Å²) in [7, 11) is 0. The summed E-state index contributed by atoms with van der Waals surface area (Å²) in [4.78, 5) is 40.0. The lowest BCUT2D eigenvalue weighted by Gasteiger charge is -2.33. The van der Waals surface area contributed by atoms with Gasteiger partial charge in [-0.25, -0.2) is 4.39 Å². The zero-order chi connectivity index (χ0) is 32.5. The number of benzene rings is 3. The van der Waals surface area contributed by atoms with Gasteiger partial charge in [-0.05, 0) is 75.1 Å². The molecule has 0 saturated heterocycles. The summed E-state index contributed by atoms with van der Waals surface area (Å²) in [5.74, 6) is -2.19. The average molecular weight is 603 g/mol. The van der Waals surface area contributed by atoms with Crippen molar-refractivity contribution in [2.45, 2.75) is 91.8 Å². The van der Waals surface area contributed by atoms with Crippen molar-refractivity contribution < 1.29 is 23.5 Å². The first kappa shape index (κ1) is 34.5. The van der Waals surface area contributed by atoms with Gasteiger partial charge in [-0.3, -0.25) is 14.4 Å². The first-order valence-electron chi connectivity index (χ1n) is 15.4. The topological polar surface area (TPSA) is 84.5 Å². The van der Waals surface area contributed by atoms with Crippen molar-refractivity contribution in [3.63, 3.8) is 0 Å². The van der Waals surface area contributed by atoms with Crippen molar-refractivity contribution in [3.05, 3.63) is 95.8 Å². The average Bonchev–Trinajstić information content (AvgIpc) is 2.94. The van der Waals surface area contributed by atoms with Crippen LogP contribution in [-0.2, 0) is 25.5 Å². The number of amides is 2. The maximum atomic E-state index is 14.9. The summed E-state index contributed by atoms with van der Waals surface area (Å²) in [5.41, 5.74) is 1.81. The van der Waals surface area contributed by atoms with Gasteiger partial charge in [0.2, 0.25) is 11.8 Å². The second-order valence-electron chi connectivity index (χ2n) is 13.5. The van der Waals surface area contributed by atoms with Crippen LogP contribution >= 0.6 is 0 Å². The minimum absolute atomic E-state index is 0.122. The van der Waals surface area contributed by atoms with E-state index in [4.69, 9.17) is 4.74 Å². The molecule has 0 saturated carbocycles. The van der Waals surface area contributed by atoms with Crippen LogP contribution in [0.1, 0.15) is 84.9 Å². The Hall–Kier alpha value is -4.00. The molecule has 0 bridgehead atoms. The second kappa shape index (κ2) is 15.1. The van der Waals surface area contributed by atoms with Crippen LogP contribution in [0, 0.1) is 17.2 Å². The summed E-state index contributed by atoms with van der Waals surface area (Å²) in [6.07, 6.45) is 1.32. The van der Waals surface area contributed by atoms with Crippen molar-refractivity contribution in [3.8, 4) is 11.1 Å². The van der Waals surface area contributed by atoms with Crippen LogP contribution < -0.4 is 10.6 Å². The van der Waals surface area contributed by atoms with Gasteiger partial charge in [0, 0.05) is 11.5 Å². The van der Waals surface area contributed by atoms with E-state index in [0.29, 0.717) is 24.8 Å². The summed E-state index contributed by atoms with van der Waals surface area (Å²) >= 11 is 0. The van der Waals surface area contributed by atoms with Gasteiger partial charge < -0.3 is 15.4 Å². The monoisotopic (exact) mass is 602 g/mol. The van der Waals surface area contributed by atoms with Crippen LogP contribution in [0.3, 0.4) is 0 Å². The Morgan fingerprint density at radius 1 is 0.818 bits per heavy atom. The zero-order valence-corrected chi connectivity index (χ0v) is 27.1. The first-order valence-corrected chi connectivity index (χ1v) is 15.4. The SMILES string of the molecule is C[C@@H](NC(=O)[C@@H](NC(=O)[C@H](CCCc1ccc(-c2ccccc2)c(F)c1)CC(=O)OC(C)(C)C)C(C)(C)C)c1ccccc1. The lowest BCUT2D eigenvalue weighted by atomic mass is 9.85. The highest BCUT2D eigenvalue weighted by atomic mass is 19.1. The quantitative estimate of drug-likeness (QED) is 0.210. The van der Waals surface area contributed by atoms with Crippen molar-refractivity contribution in [1.29, 1.82) is 0 Å². The summed E-state index contributed by atoms with van der Waals surface area (Å²) in [6.45, 7) is 12.9. The molecule has 3 aromatic carbocycles. The van der Waals surface area contributed by atoms with Gasteiger partial charge >= 0.3 is 5.97 Å². The predicted molar refractivity (Wildman–Crippen MR) is 173 cm³/mol. The van der Waals surface area contributed by atoms with Crippen molar-refractivity contribution in [1.82, 2.24) is 10.6 Å². The van der Waals surface area contributed by atoms with E-state index in [1.54, 1.807) is 26.8 Å². The Kier molecular flexibility index (Phi) is 11.9. The Bertz CT molecular complexity index is 1390. The fraction of sp³-hybridized carbons (Fsp3) is 0.432. The molecule has 2 amide bonds. The zero-order valence-electron chi connectivity index (χ0n) is 27.1. The Labute approximate surface area is 261 Å². The smallest absolute Gasteiger partial charge is 0.307 e. The highest BCUT2D eigenvalue weighted by Crippen LogP contribution is 2.26. The molecule has 3 atom stereocenters. The highest BCUT2D eigenvalue weighted by molar-refractivity contribution is 5.90. The van der Waals surface area contributed by atoms with E-state index in [0.717, 1.165) is 16.7 Å². The maximum absolute atomic E-state index is 14.9. The fourth-order valence-electron chi connectivity index (χ4n) is 5.09. The fourth-order valence-corrected chi connectivity index (χ4v) is 5.09. The lowest BCUT2D eigenvalue weighted by Crippen LogP contribution is -2.55. The molecule has 6 nitrogen and oxygen atoms in total. The van der Waals surface area contributed by atoms with Gasteiger partial charge in [0.05, 0.1) is 12.5 Å². The standard InChI is InChI=1S/C37H47FN2O4/c1-25(27-16-10-8-11-17-27)39-35(43)33(36(2,3)4)40-34(42)29(24-32(41)44-37(5,6)7)20-14-15-26-21-22-30(31(38)23-26)28-18-12-9-13-19-28/h8-13,16-19,21-23,25,29,33H,14-15,20,24H2,1-7H3,(H,39,43)(H,40,42)/t25-,29-,33-/m1/s1. The second-order valence-corrected chi connectivity index (χ2v) is 13.5. The number of ether oxygens (including phenoxy) is 1. The molecule has 44 heavy (non-hydrogen) atoms. The van der Waals surface area contributed by atoms with E-state index >= 15 is 0 Å². The molecular formula is C37H47FN2O4. The Balaban J connectivity index is 1.72. The molecule has 0 spiro atoms. The first-order chi connectivity index (χ1) is 20.6. The van der Waals surface area contributed by atoms with Crippen molar-refractivity contribution in [2.24, 2.45) is 11.3 Å². The van der Waals surface area contributed by atoms with Crippen molar-refractivity contribution >= 4 is 17.8 Å². The minimum Gasteiger partial charge on any atom is -0.460 e. The third kappa shape index (κ3) is 10.6. The lowest BCUT2D eigenvalue weighted by molar-refractivity contribution is -0.157. The number of rotatable bonds is 12. The van der Waals surface area contributed by atoms with Crippen LogP contribution in [0.2, 0.25) is 0 Å². The van der Waals surface area contributed by atoms with Gasteiger partial charge in [-0.15, -0.1) is 0 Å². The van der Waals surface area contributed by atoms with E-state index in [-0.39, 0.29) is 30.1 Å². The molecule has 0 aromatic heterocycles.